The van der Waals surface area contributed by atoms with Crippen molar-refractivity contribution in [2.75, 3.05) is 32.9 Å². The number of hydrogen-bond donors (Lipinski definition) is 0. The zero-order chi connectivity index (χ0) is 31.8. The number of carbonyl (C=O) groups excluding carboxylic acids is 2. The van der Waals surface area contributed by atoms with Gasteiger partial charge in [-0.05, 0) is 22.3 Å². The molecule has 3 atom stereocenters. The fourth-order valence-electron chi connectivity index (χ4n) is 5.19. The molecule has 46 heavy (non-hydrogen) atoms. The summed E-state index contributed by atoms with van der Waals surface area (Å²) in [5, 5.41) is 0. The van der Waals surface area contributed by atoms with Gasteiger partial charge in [-0.25, -0.2) is 0 Å². The van der Waals surface area contributed by atoms with Crippen LogP contribution in [0.1, 0.15) is 22.3 Å². The Labute approximate surface area is 270 Å². The van der Waals surface area contributed by atoms with E-state index in [-0.39, 0.29) is 44.7 Å². The van der Waals surface area contributed by atoms with Crippen LogP contribution in [0.25, 0.3) is 0 Å². The van der Waals surface area contributed by atoms with Crippen LogP contribution in [-0.2, 0) is 59.7 Å². The van der Waals surface area contributed by atoms with Crippen LogP contribution in [0.5, 0.6) is 0 Å². The first-order valence-electron chi connectivity index (χ1n) is 15.6. The SMILES string of the molecule is O=C(COCc1ccccc1)[C@@H](OCc1ccccc1)[C@H](OCc1ccccc1)[C@@H](OCc1ccccc1)C(=O)N1CCOCC1. The van der Waals surface area contributed by atoms with Crippen molar-refractivity contribution < 1.29 is 33.3 Å². The van der Waals surface area contributed by atoms with Gasteiger partial charge in [0, 0.05) is 13.1 Å². The highest BCUT2D eigenvalue weighted by Gasteiger charge is 2.42. The predicted molar refractivity (Wildman–Crippen MR) is 174 cm³/mol. The Hall–Kier alpha value is -4.18. The molecule has 5 rings (SSSR count). The molecule has 0 aliphatic carbocycles. The fourth-order valence-corrected chi connectivity index (χ4v) is 5.19. The second-order valence-electron chi connectivity index (χ2n) is 11.1. The van der Waals surface area contributed by atoms with E-state index in [1.807, 2.05) is 121 Å². The van der Waals surface area contributed by atoms with Crippen molar-refractivity contribution in [1.82, 2.24) is 4.90 Å². The second-order valence-corrected chi connectivity index (χ2v) is 11.1. The van der Waals surface area contributed by atoms with E-state index in [0.29, 0.717) is 26.3 Å². The van der Waals surface area contributed by atoms with Crippen LogP contribution < -0.4 is 0 Å². The summed E-state index contributed by atoms with van der Waals surface area (Å²) in [7, 11) is 0. The summed E-state index contributed by atoms with van der Waals surface area (Å²) in [6.45, 7) is 2.15. The van der Waals surface area contributed by atoms with E-state index in [1.165, 1.54) is 0 Å². The first kappa shape index (κ1) is 33.2. The lowest BCUT2D eigenvalue weighted by molar-refractivity contribution is -0.183. The third kappa shape index (κ3) is 10.2. The minimum Gasteiger partial charge on any atom is -0.378 e. The maximum absolute atomic E-state index is 14.2. The van der Waals surface area contributed by atoms with Crippen LogP contribution >= 0.6 is 0 Å². The molecule has 1 heterocycles. The molecule has 8 heteroatoms. The minimum absolute atomic E-state index is 0.137. The fraction of sp³-hybridized carbons (Fsp3) is 0.316. The number of carbonyl (C=O) groups is 2. The summed E-state index contributed by atoms with van der Waals surface area (Å²) in [6.07, 6.45) is -3.37. The van der Waals surface area contributed by atoms with Gasteiger partial charge in [0.15, 0.2) is 11.9 Å². The van der Waals surface area contributed by atoms with Gasteiger partial charge in [0.25, 0.3) is 5.91 Å². The Bertz CT molecular complexity index is 1450. The van der Waals surface area contributed by atoms with Gasteiger partial charge >= 0.3 is 0 Å². The Kier molecular flexibility index (Phi) is 13.1. The molecule has 0 saturated carbocycles. The number of amides is 1. The Balaban J connectivity index is 1.45. The topological polar surface area (TPSA) is 83.5 Å². The van der Waals surface area contributed by atoms with Crippen molar-refractivity contribution in [3.05, 3.63) is 144 Å². The zero-order valence-corrected chi connectivity index (χ0v) is 25.9. The largest absolute Gasteiger partial charge is 0.378 e. The third-order valence-electron chi connectivity index (χ3n) is 7.67. The van der Waals surface area contributed by atoms with Crippen molar-refractivity contribution in [3.8, 4) is 0 Å². The number of morpholine rings is 1. The van der Waals surface area contributed by atoms with E-state index in [0.717, 1.165) is 22.3 Å². The van der Waals surface area contributed by atoms with Crippen LogP contribution in [0.4, 0.5) is 0 Å². The van der Waals surface area contributed by atoms with Gasteiger partial charge < -0.3 is 28.6 Å². The average molecular weight is 624 g/mol. The van der Waals surface area contributed by atoms with E-state index in [2.05, 4.69) is 0 Å². The van der Waals surface area contributed by atoms with E-state index in [1.54, 1.807) is 4.90 Å². The normalized spacial score (nSPS) is 15.2. The molecule has 0 unspecified atom stereocenters. The summed E-state index contributed by atoms with van der Waals surface area (Å²) in [4.78, 5) is 30.0. The van der Waals surface area contributed by atoms with E-state index in [4.69, 9.17) is 23.7 Å². The number of rotatable bonds is 17. The van der Waals surface area contributed by atoms with Gasteiger partial charge in [-0.2, -0.15) is 0 Å². The van der Waals surface area contributed by atoms with E-state index in [9.17, 15) is 9.59 Å². The summed E-state index contributed by atoms with van der Waals surface area (Å²) in [6, 6.07) is 38.5. The maximum Gasteiger partial charge on any atom is 0.254 e. The lowest BCUT2D eigenvalue weighted by Gasteiger charge is -2.36. The predicted octanol–water partition coefficient (Wildman–Crippen LogP) is 5.39. The molecule has 0 spiro atoms. The summed E-state index contributed by atoms with van der Waals surface area (Å²) in [5.74, 6) is -0.614. The van der Waals surface area contributed by atoms with Crippen LogP contribution in [-0.4, -0.2) is 67.8 Å². The lowest BCUT2D eigenvalue weighted by Crippen LogP contribution is -2.56. The summed E-state index contributed by atoms with van der Waals surface area (Å²) >= 11 is 0. The molecule has 0 N–H and O–H groups in total. The van der Waals surface area contributed by atoms with Gasteiger partial charge in [-0.1, -0.05) is 121 Å². The highest BCUT2D eigenvalue weighted by atomic mass is 16.6. The van der Waals surface area contributed by atoms with Gasteiger partial charge in [0.2, 0.25) is 0 Å². The Morgan fingerprint density at radius 1 is 0.565 bits per heavy atom. The van der Waals surface area contributed by atoms with E-state index >= 15 is 0 Å². The Morgan fingerprint density at radius 3 is 1.46 bits per heavy atom. The first-order chi connectivity index (χ1) is 22.7. The van der Waals surface area contributed by atoms with Crippen LogP contribution in [0.3, 0.4) is 0 Å². The van der Waals surface area contributed by atoms with Crippen molar-refractivity contribution in [1.29, 1.82) is 0 Å². The molecule has 0 radical (unpaired) electrons. The number of benzene rings is 4. The molecular formula is C38H41NO7. The molecule has 1 aliphatic rings. The lowest BCUT2D eigenvalue weighted by atomic mass is 10.0. The molecule has 240 valence electrons. The first-order valence-corrected chi connectivity index (χ1v) is 15.6. The van der Waals surface area contributed by atoms with Crippen LogP contribution in [0, 0.1) is 0 Å². The molecule has 4 aromatic carbocycles. The average Bonchev–Trinajstić information content (AvgIpc) is 3.12. The highest BCUT2D eigenvalue weighted by Crippen LogP contribution is 2.22. The summed E-state index contributed by atoms with van der Waals surface area (Å²) < 4.78 is 30.7. The monoisotopic (exact) mass is 623 g/mol. The molecule has 1 saturated heterocycles. The van der Waals surface area contributed by atoms with Crippen LogP contribution in [0.2, 0.25) is 0 Å². The maximum atomic E-state index is 14.2. The molecule has 0 bridgehead atoms. The standard InChI is InChI=1S/C38H41NO7/c40-34(29-43-25-30-13-5-1-6-14-30)35(44-26-31-15-7-2-8-16-31)36(45-27-32-17-9-3-10-18-32)37(38(41)39-21-23-42-24-22-39)46-28-33-19-11-4-12-20-33/h1-20,35-37H,21-29H2/t35-,36+,37-/m1/s1. The van der Waals surface area contributed by atoms with E-state index < -0.39 is 18.3 Å². The van der Waals surface area contributed by atoms with Gasteiger partial charge in [-0.15, -0.1) is 0 Å². The van der Waals surface area contributed by atoms with Crippen molar-refractivity contribution in [2.45, 2.75) is 44.7 Å². The summed E-state index contributed by atoms with van der Waals surface area (Å²) in [5.41, 5.74) is 3.61. The number of nitrogens with zero attached hydrogens (tertiary/aromatic N) is 1. The van der Waals surface area contributed by atoms with Crippen molar-refractivity contribution >= 4 is 11.7 Å². The zero-order valence-electron chi connectivity index (χ0n) is 25.9. The molecule has 0 aromatic heterocycles. The molecule has 8 nitrogen and oxygen atoms in total. The number of hydrogen-bond acceptors (Lipinski definition) is 7. The van der Waals surface area contributed by atoms with Crippen LogP contribution in [0.15, 0.2) is 121 Å². The third-order valence-corrected chi connectivity index (χ3v) is 7.67. The number of ether oxygens (including phenoxy) is 5. The molecule has 1 amide bonds. The molecular weight excluding hydrogens is 582 g/mol. The highest BCUT2D eigenvalue weighted by molar-refractivity contribution is 5.88. The van der Waals surface area contributed by atoms with Gasteiger partial charge in [0.1, 0.15) is 18.8 Å². The second kappa shape index (κ2) is 18.1. The Morgan fingerprint density at radius 2 is 0.978 bits per heavy atom. The van der Waals surface area contributed by atoms with Crippen molar-refractivity contribution in [2.24, 2.45) is 0 Å². The molecule has 1 fully saturated rings. The van der Waals surface area contributed by atoms with Gasteiger partial charge in [0.05, 0.1) is 39.6 Å². The van der Waals surface area contributed by atoms with Crippen molar-refractivity contribution in [3.63, 3.8) is 0 Å². The number of Topliss-reactive ketones (excluding diaryl/α,β-unsaturated/α-hetero) is 1. The minimum atomic E-state index is -1.16. The molecule has 1 aliphatic heterocycles. The quantitative estimate of drug-likeness (QED) is 0.156. The number of ketones is 1. The van der Waals surface area contributed by atoms with Gasteiger partial charge in [-0.3, -0.25) is 9.59 Å². The molecule has 4 aromatic rings. The smallest absolute Gasteiger partial charge is 0.254 e.